The molecule has 0 fully saturated rings. The predicted molar refractivity (Wildman–Crippen MR) is 66.6 cm³/mol. The van der Waals surface area contributed by atoms with Crippen LogP contribution in [0, 0.1) is 0 Å². The van der Waals surface area contributed by atoms with Gasteiger partial charge in [0.25, 0.3) is 5.52 Å². The zero-order valence-corrected chi connectivity index (χ0v) is 11.3. The van der Waals surface area contributed by atoms with Crippen LogP contribution in [0.2, 0.25) is 5.02 Å². The lowest BCUT2D eigenvalue weighted by atomic mass is 10.2. The van der Waals surface area contributed by atoms with Crippen molar-refractivity contribution in [1.82, 2.24) is 0 Å². The van der Waals surface area contributed by atoms with Gasteiger partial charge in [0.1, 0.15) is 0 Å². The van der Waals surface area contributed by atoms with E-state index in [1.54, 1.807) is 26.0 Å². The molecule has 0 heterocycles. The van der Waals surface area contributed by atoms with Gasteiger partial charge in [-0.1, -0.05) is 23.7 Å². The van der Waals surface area contributed by atoms with E-state index in [1.165, 1.54) is 12.1 Å². The number of rotatable bonds is 6. The second-order valence-corrected chi connectivity index (χ2v) is 5.50. The Labute approximate surface area is 105 Å². The lowest BCUT2D eigenvalue weighted by Gasteiger charge is -2.15. The summed E-state index contributed by atoms with van der Waals surface area (Å²) in [5.74, 6) is 0. The Kier molecular flexibility index (Phi) is 5.34. The van der Waals surface area contributed by atoms with Gasteiger partial charge in [0.15, 0.2) is 0 Å². The Morgan fingerprint density at radius 3 is 2.35 bits per heavy atom. The molecule has 0 aliphatic carbocycles. The van der Waals surface area contributed by atoms with Crippen molar-refractivity contribution in [3.63, 3.8) is 0 Å². The van der Waals surface area contributed by atoms with Gasteiger partial charge in [-0.25, -0.2) is 0 Å². The van der Waals surface area contributed by atoms with E-state index in [2.05, 4.69) is 0 Å². The molecule has 0 amide bonds. The normalized spacial score (nSPS) is 11.5. The summed E-state index contributed by atoms with van der Waals surface area (Å²) in [6.07, 6.45) is 0. The van der Waals surface area contributed by atoms with Gasteiger partial charge in [-0.05, 0) is 26.0 Å². The highest BCUT2D eigenvalue weighted by Gasteiger charge is 2.35. The van der Waals surface area contributed by atoms with Gasteiger partial charge in [0.05, 0.1) is 13.2 Å². The van der Waals surface area contributed by atoms with Crippen LogP contribution in [-0.2, 0) is 13.6 Å². The molecule has 0 atom stereocenters. The molecule has 94 valence electrons. The van der Waals surface area contributed by atoms with Crippen LogP contribution in [0.4, 0.5) is 0 Å². The maximum absolute atomic E-state index is 12.2. The zero-order chi connectivity index (χ0) is 12.9. The molecule has 0 N–H and O–H groups in total. The molecule has 0 radical (unpaired) electrons. The summed E-state index contributed by atoms with van der Waals surface area (Å²) in [5.41, 5.74) is -0.438. The van der Waals surface area contributed by atoms with Gasteiger partial charge in [-0.3, -0.25) is 9.36 Å². The minimum absolute atomic E-state index is 0.142. The lowest BCUT2D eigenvalue weighted by Crippen LogP contribution is -2.07. The highest BCUT2D eigenvalue weighted by molar-refractivity contribution is 7.72. The SMILES string of the molecule is CCOP(=O)(OCC)C(=O)c1cccc(Cl)c1. The van der Waals surface area contributed by atoms with Crippen LogP contribution in [0.25, 0.3) is 0 Å². The van der Waals surface area contributed by atoms with Crippen LogP contribution in [0.3, 0.4) is 0 Å². The first-order chi connectivity index (χ1) is 8.03. The summed E-state index contributed by atoms with van der Waals surface area (Å²) < 4.78 is 22.1. The quantitative estimate of drug-likeness (QED) is 0.743. The van der Waals surface area contributed by atoms with Crippen molar-refractivity contribution >= 4 is 24.7 Å². The highest BCUT2D eigenvalue weighted by atomic mass is 35.5. The smallest absolute Gasteiger partial charge is 0.303 e. The topological polar surface area (TPSA) is 52.6 Å². The third kappa shape index (κ3) is 3.65. The Hall–Kier alpha value is -0.670. The summed E-state index contributed by atoms with van der Waals surface area (Å²) in [6.45, 7) is 3.58. The predicted octanol–water partition coefficient (Wildman–Crippen LogP) is 3.75. The van der Waals surface area contributed by atoms with Crippen molar-refractivity contribution in [3.05, 3.63) is 34.9 Å². The molecule has 0 aliphatic rings. The van der Waals surface area contributed by atoms with Gasteiger partial charge < -0.3 is 9.05 Å². The number of hydrogen-bond acceptors (Lipinski definition) is 4. The van der Waals surface area contributed by atoms with Gasteiger partial charge in [0, 0.05) is 10.6 Å². The van der Waals surface area contributed by atoms with E-state index in [0.29, 0.717) is 5.02 Å². The molecular formula is C11H14ClO4P. The van der Waals surface area contributed by atoms with Gasteiger partial charge in [-0.15, -0.1) is 0 Å². The average molecular weight is 277 g/mol. The largest absolute Gasteiger partial charge is 0.401 e. The molecule has 0 bridgehead atoms. The first-order valence-corrected chi connectivity index (χ1v) is 7.15. The molecule has 0 spiro atoms. The standard InChI is InChI=1S/C11H14ClO4P/c1-3-15-17(14,16-4-2)11(13)9-6-5-7-10(12)8-9/h5-8H,3-4H2,1-2H3. The summed E-state index contributed by atoms with van der Waals surface area (Å²) >= 11 is 5.77. The van der Waals surface area contributed by atoms with E-state index < -0.39 is 13.1 Å². The Morgan fingerprint density at radius 1 is 1.29 bits per heavy atom. The van der Waals surface area contributed by atoms with E-state index in [-0.39, 0.29) is 18.8 Å². The Bertz CT molecular complexity index is 437. The lowest BCUT2D eigenvalue weighted by molar-refractivity contribution is 0.100. The number of halogens is 1. The molecule has 1 aromatic carbocycles. The second-order valence-electron chi connectivity index (χ2n) is 3.15. The van der Waals surface area contributed by atoms with Crippen molar-refractivity contribution in [3.8, 4) is 0 Å². The fourth-order valence-electron chi connectivity index (χ4n) is 1.27. The van der Waals surface area contributed by atoms with Crippen LogP contribution >= 0.6 is 19.2 Å². The van der Waals surface area contributed by atoms with Crippen LogP contribution in [0.5, 0.6) is 0 Å². The van der Waals surface area contributed by atoms with Gasteiger partial charge in [0.2, 0.25) is 0 Å². The van der Waals surface area contributed by atoms with Gasteiger partial charge in [-0.2, -0.15) is 0 Å². The summed E-state index contributed by atoms with van der Waals surface area (Å²) in [7, 11) is -3.75. The molecule has 6 heteroatoms. The maximum Gasteiger partial charge on any atom is 0.401 e. The van der Waals surface area contributed by atoms with Crippen LogP contribution in [-0.4, -0.2) is 18.7 Å². The highest BCUT2D eigenvalue weighted by Crippen LogP contribution is 2.51. The molecule has 0 aliphatic heterocycles. The van der Waals surface area contributed by atoms with E-state index in [9.17, 15) is 9.36 Å². The molecule has 0 aromatic heterocycles. The van der Waals surface area contributed by atoms with Crippen molar-refractivity contribution in [2.75, 3.05) is 13.2 Å². The third-order valence-electron chi connectivity index (χ3n) is 1.92. The molecule has 0 saturated heterocycles. The monoisotopic (exact) mass is 276 g/mol. The number of hydrogen-bond donors (Lipinski definition) is 0. The molecule has 1 aromatic rings. The van der Waals surface area contributed by atoms with E-state index in [1.807, 2.05) is 0 Å². The average Bonchev–Trinajstić information content (AvgIpc) is 2.28. The third-order valence-corrected chi connectivity index (χ3v) is 4.11. The molecule has 4 nitrogen and oxygen atoms in total. The maximum atomic E-state index is 12.2. The van der Waals surface area contributed by atoms with Gasteiger partial charge >= 0.3 is 7.60 Å². The van der Waals surface area contributed by atoms with Crippen molar-refractivity contribution in [2.45, 2.75) is 13.8 Å². The Morgan fingerprint density at radius 2 is 1.88 bits per heavy atom. The number of carbonyl (C=O) groups excluding carboxylic acids is 1. The van der Waals surface area contributed by atoms with Crippen molar-refractivity contribution < 1.29 is 18.4 Å². The zero-order valence-electron chi connectivity index (χ0n) is 9.68. The summed E-state index contributed by atoms with van der Waals surface area (Å²) in [6, 6.07) is 6.20. The van der Waals surface area contributed by atoms with Crippen LogP contribution in [0.1, 0.15) is 24.2 Å². The molecule has 0 unspecified atom stereocenters. The second kappa shape index (κ2) is 6.31. The van der Waals surface area contributed by atoms with Crippen LogP contribution < -0.4 is 0 Å². The van der Waals surface area contributed by atoms with Crippen molar-refractivity contribution in [2.24, 2.45) is 0 Å². The number of benzene rings is 1. The number of carbonyl (C=O) groups is 1. The molecule has 1 rings (SSSR count). The van der Waals surface area contributed by atoms with Crippen LogP contribution in [0.15, 0.2) is 24.3 Å². The molecule has 17 heavy (non-hydrogen) atoms. The molecule has 0 saturated carbocycles. The van der Waals surface area contributed by atoms with E-state index >= 15 is 0 Å². The molecular weight excluding hydrogens is 263 g/mol. The minimum atomic E-state index is -3.75. The first kappa shape index (κ1) is 14.4. The fourth-order valence-corrected chi connectivity index (χ4v) is 2.91. The fraction of sp³-hybridized carbons (Fsp3) is 0.364. The van der Waals surface area contributed by atoms with Crippen molar-refractivity contribution in [1.29, 1.82) is 0 Å². The summed E-state index contributed by atoms with van der Waals surface area (Å²) in [5, 5.41) is 0.399. The van der Waals surface area contributed by atoms with E-state index in [0.717, 1.165) is 0 Å². The van der Waals surface area contributed by atoms with E-state index in [4.69, 9.17) is 20.6 Å². The summed E-state index contributed by atoms with van der Waals surface area (Å²) in [4.78, 5) is 12.0. The first-order valence-electron chi connectivity index (χ1n) is 5.23. The Balaban J connectivity index is 3.04. The minimum Gasteiger partial charge on any atom is -0.303 e.